The SMILES string of the molecule is CN1CCn2nc(-c3ccc(Cl)c(Cl)c3)c(C(N)=O)c2C1.O=CNC1CC2(C1)CC(F)(F)C2. The molecule has 0 unspecified atom stereocenters. The van der Waals surface area contributed by atoms with Crippen LogP contribution < -0.4 is 11.1 Å². The molecular weight excluding hydrogens is 475 g/mol. The van der Waals surface area contributed by atoms with Gasteiger partial charge in [-0.15, -0.1) is 0 Å². The standard InChI is InChI=1S/C14H14Cl2N4O.C8H11F2NO/c1-19-4-5-20-11(7-19)12(14(17)21)13(18-20)8-2-3-9(15)10(16)6-8;9-8(10)3-7(4-8)1-6(2-7)11-5-12/h2-3,6H,4-5,7H2,1H3,(H2,17,21);5-6H,1-4H2,(H,11,12). The molecule has 178 valence electrons. The second kappa shape index (κ2) is 8.85. The summed E-state index contributed by atoms with van der Waals surface area (Å²) in [4.78, 5) is 24.0. The monoisotopic (exact) mass is 499 g/mol. The molecule has 0 radical (unpaired) electrons. The highest BCUT2D eigenvalue weighted by molar-refractivity contribution is 6.42. The van der Waals surface area contributed by atoms with Gasteiger partial charge in [0.05, 0.1) is 27.8 Å². The van der Waals surface area contributed by atoms with Gasteiger partial charge in [0.15, 0.2) is 0 Å². The van der Waals surface area contributed by atoms with Crippen LogP contribution in [0.3, 0.4) is 0 Å². The Morgan fingerprint density at radius 2 is 1.94 bits per heavy atom. The number of hydrogen-bond donors (Lipinski definition) is 2. The van der Waals surface area contributed by atoms with Crippen LogP contribution in [0.2, 0.25) is 10.0 Å². The number of aromatic nitrogens is 2. The van der Waals surface area contributed by atoms with Crippen molar-refractivity contribution in [1.29, 1.82) is 0 Å². The number of carbonyl (C=O) groups is 2. The molecule has 1 spiro atoms. The molecule has 5 rings (SSSR count). The third kappa shape index (κ3) is 4.85. The zero-order valence-corrected chi connectivity index (χ0v) is 19.6. The van der Waals surface area contributed by atoms with Gasteiger partial charge < -0.3 is 11.1 Å². The van der Waals surface area contributed by atoms with Gasteiger partial charge in [0.25, 0.3) is 5.91 Å². The van der Waals surface area contributed by atoms with Gasteiger partial charge in [-0.2, -0.15) is 5.10 Å². The van der Waals surface area contributed by atoms with Crippen LogP contribution >= 0.6 is 23.2 Å². The molecule has 0 saturated heterocycles. The number of nitrogens with two attached hydrogens (primary N) is 1. The molecule has 3 aliphatic rings. The largest absolute Gasteiger partial charge is 0.365 e. The highest BCUT2D eigenvalue weighted by Crippen LogP contribution is 2.62. The topological polar surface area (TPSA) is 93.2 Å². The molecule has 33 heavy (non-hydrogen) atoms. The van der Waals surface area contributed by atoms with Crippen molar-refractivity contribution in [3.8, 4) is 11.3 Å². The Labute approximate surface area is 200 Å². The summed E-state index contributed by atoms with van der Waals surface area (Å²) in [6.45, 7) is 2.26. The van der Waals surface area contributed by atoms with Crippen LogP contribution in [0.5, 0.6) is 0 Å². The summed E-state index contributed by atoms with van der Waals surface area (Å²) in [5.74, 6) is -2.90. The van der Waals surface area contributed by atoms with Gasteiger partial charge in [-0.3, -0.25) is 19.2 Å². The summed E-state index contributed by atoms with van der Waals surface area (Å²) in [7, 11) is 2.00. The van der Waals surface area contributed by atoms with Gasteiger partial charge in [0.2, 0.25) is 12.3 Å². The van der Waals surface area contributed by atoms with E-state index in [4.69, 9.17) is 28.9 Å². The summed E-state index contributed by atoms with van der Waals surface area (Å²) >= 11 is 12.0. The van der Waals surface area contributed by atoms with Crippen molar-refractivity contribution in [2.45, 2.75) is 50.7 Å². The average molecular weight is 500 g/mol. The molecule has 7 nitrogen and oxygen atoms in total. The van der Waals surface area contributed by atoms with E-state index in [9.17, 15) is 18.4 Å². The number of amides is 2. The third-order valence-corrected chi connectivity index (χ3v) is 7.28. The predicted octanol–water partition coefficient (Wildman–Crippen LogP) is 3.71. The molecule has 0 atom stereocenters. The molecule has 2 fully saturated rings. The number of alkyl halides is 2. The molecule has 2 saturated carbocycles. The van der Waals surface area contributed by atoms with E-state index in [1.165, 1.54) is 0 Å². The van der Waals surface area contributed by atoms with Crippen molar-refractivity contribution in [3.05, 3.63) is 39.5 Å². The smallest absolute Gasteiger partial charge is 0.252 e. The van der Waals surface area contributed by atoms with Crippen LogP contribution in [0.1, 0.15) is 41.7 Å². The van der Waals surface area contributed by atoms with Crippen molar-refractivity contribution in [3.63, 3.8) is 0 Å². The quantitative estimate of drug-likeness (QED) is 0.627. The Morgan fingerprint density at radius 1 is 1.24 bits per heavy atom. The first kappa shape index (κ1) is 23.9. The normalized spacial score (nSPS) is 20.6. The average Bonchev–Trinajstić information content (AvgIpc) is 3.07. The number of benzene rings is 1. The molecule has 1 aliphatic heterocycles. The number of likely N-dealkylation sites (N-methyl/N-ethyl adjacent to an activating group) is 1. The minimum Gasteiger partial charge on any atom is -0.365 e. The Morgan fingerprint density at radius 3 is 2.52 bits per heavy atom. The number of rotatable bonds is 4. The summed E-state index contributed by atoms with van der Waals surface area (Å²) in [6, 6.07) is 5.33. The van der Waals surface area contributed by atoms with E-state index >= 15 is 0 Å². The lowest BCUT2D eigenvalue weighted by molar-refractivity contribution is -0.197. The zero-order valence-electron chi connectivity index (χ0n) is 18.1. The molecule has 2 amide bonds. The molecular formula is C22H25Cl2F2N5O2. The van der Waals surface area contributed by atoms with Crippen LogP contribution in [-0.4, -0.2) is 52.6 Å². The third-order valence-electron chi connectivity index (χ3n) is 6.54. The van der Waals surface area contributed by atoms with Gasteiger partial charge in [0, 0.05) is 37.5 Å². The Kier molecular flexibility index (Phi) is 6.41. The number of nitrogens with zero attached hydrogens (tertiary/aromatic N) is 3. The van der Waals surface area contributed by atoms with Gasteiger partial charge in [0.1, 0.15) is 5.69 Å². The second-order valence-corrected chi connectivity index (χ2v) is 10.0. The second-order valence-electron chi connectivity index (χ2n) is 9.22. The minimum absolute atomic E-state index is 0.0248. The van der Waals surface area contributed by atoms with Gasteiger partial charge >= 0.3 is 0 Å². The molecule has 1 aromatic heterocycles. The van der Waals surface area contributed by atoms with E-state index in [0.717, 1.165) is 37.2 Å². The van der Waals surface area contributed by atoms with Gasteiger partial charge in [-0.05, 0) is 37.4 Å². The first-order chi connectivity index (χ1) is 15.5. The van der Waals surface area contributed by atoms with E-state index in [-0.39, 0.29) is 24.3 Å². The van der Waals surface area contributed by atoms with Crippen molar-refractivity contribution in [2.75, 3.05) is 13.6 Å². The summed E-state index contributed by atoms with van der Waals surface area (Å²) < 4.78 is 26.8. The number of fused-ring (bicyclic) bond motifs is 1. The fourth-order valence-corrected chi connectivity index (χ4v) is 5.38. The predicted molar refractivity (Wildman–Crippen MR) is 121 cm³/mol. The van der Waals surface area contributed by atoms with Crippen molar-refractivity contribution < 1.29 is 18.4 Å². The van der Waals surface area contributed by atoms with Crippen LogP contribution in [0.15, 0.2) is 18.2 Å². The van der Waals surface area contributed by atoms with Crippen molar-refractivity contribution >= 4 is 35.5 Å². The molecule has 2 heterocycles. The van der Waals surface area contributed by atoms with Crippen LogP contribution in [0.25, 0.3) is 11.3 Å². The van der Waals surface area contributed by atoms with E-state index in [1.807, 2.05) is 11.7 Å². The fourth-order valence-electron chi connectivity index (χ4n) is 5.08. The number of halogens is 4. The summed E-state index contributed by atoms with van der Waals surface area (Å²) in [5.41, 5.74) is 8.05. The molecule has 11 heteroatoms. The summed E-state index contributed by atoms with van der Waals surface area (Å²) in [5, 5.41) is 8.03. The van der Waals surface area contributed by atoms with Crippen LogP contribution in [-0.2, 0) is 17.9 Å². The molecule has 3 N–H and O–H groups in total. The number of primary amides is 1. The Bertz CT molecular complexity index is 1070. The number of hydrogen-bond acceptors (Lipinski definition) is 4. The molecule has 0 bridgehead atoms. The first-order valence-electron chi connectivity index (χ1n) is 10.6. The maximum absolute atomic E-state index is 12.5. The zero-order chi connectivity index (χ0) is 24.0. The lowest BCUT2D eigenvalue weighted by Gasteiger charge is -2.57. The van der Waals surface area contributed by atoms with Crippen molar-refractivity contribution in [1.82, 2.24) is 20.0 Å². The van der Waals surface area contributed by atoms with E-state index in [1.54, 1.807) is 18.2 Å². The number of carbonyl (C=O) groups excluding carboxylic acids is 2. The van der Waals surface area contributed by atoms with Crippen LogP contribution in [0, 0.1) is 5.41 Å². The minimum atomic E-state index is -2.42. The Hall–Kier alpha value is -2.23. The van der Waals surface area contributed by atoms with Gasteiger partial charge in [-0.1, -0.05) is 29.3 Å². The highest BCUT2D eigenvalue weighted by atomic mass is 35.5. The lowest BCUT2D eigenvalue weighted by Crippen LogP contribution is -2.58. The fraction of sp³-hybridized carbons (Fsp3) is 0.500. The maximum Gasteiger partial charge on any atom is 0.252 e. The number of nitrogens with one attached hydrogen (secondary N) is 1. The van der Waals surface area contributed by atoms with Crippen molar-refractivity contribution in [2.24, 2.45) is 11.1 Å². The van der Waals surface area contributed by atoms with E-state index in [0.29, 0.717) is 34.3 Å². The molecule has 2 aromatic rings. The van der Waals surface area contributed by atoms with Gasteiger partial charge in [-0.25, -0.2) is 8.78 Å². The maximum atomic E-state index is 12.5. The highest BCUT2D eigenvalue weighted by Gasteiger charge is 2.61. The molecule has 1 aromatic carbocycles. The lowest BCUT2D eigenvalue weighted by atomic mass is 9.52. The van der Waals surface area contributed by atoms with Crippen LogP contribution in [0.4, 0.5) is 8.78 Å². The van der Waals surface area contributed by atoms with E-state index < -0.39 is 11.8 Å². The first-order valence-corrected chi connectivity index (χ1v) is 11.4. The van der Waals surface area contributed by atoms with E-state index in [2.05, 4.69) is 15.3 Å². The molecule has 2 aliphatic carbocycles. The Balaban J connectivity index is 0.000000183. The summed E-state index contributed by atoms with van der Waals surface area (Å²) in [6.07, 6.45) is 2.17.